The quantitative estimate of drug-likeness (QED) is 0.568. The fourth-order valence-corrected chi connectivity index (χ4v) is 4.11. The topological polar surface area (TPSA) is 0 Å². The average Bonchev–Trinajstić information content (AvgIpc) is 2.73. The van der Waals surface area contributed by atoms with Crippen molar-refractivity contribution in [1.82, 2.24) is 0 Å². The number of hydrogen-bond donors (Lipinski definition) is 0. The lowest BCUT2D eigenvalue weighted by Gasteiger charge is -2.15. The third kappa shape index (κ3) is 3.57. The highest BCUT2D eigenvalue weighted by molar-refractivity contribution is 9.10. The molecule has 2 aromatic rings. The van der Waals surface area contributed by atoms with Crippen molar-refractivity contribution in [3.63, 3.8) is 0 Å². The van der Waals surface area contributed by atoms with E-state index in [4.69, 9.17) is 11.6 Å². The summed E-state index contributed by atoms with van der Waals surface area (Å²) in [7, 11) is 0. The van der Waals surface area contributed by atoms with Crippen LogP contribution in [0.3, 0.4) is 0 Å². The summed E-state index contributed by atoms with van der Waals surface area (Å²) in [6, 6.07) is 12.5. The van der Waals surface area contributed by atoms with E-state index >= 15 is 0 Å². The van der Waals surface area contributed by atoms with Gasteiger partial charge >= 0.3 is 0 Å². The smallest absolute Gasteiger partial charge is 0.0931 e. The number of thiophene rings is 1. The molecule has 0 saturated heterocycles. The van der Waals surface area contributed by atoms with E-state index in [9.17, 15) is 0 Å². The van der Waals surface area contributed by atoms with E-state index in [2.05, 4.69) is 56.1 Å². The molecule has 0 spiro atoms. The molecule has 0 amide bonds. The second-order valence-corrected chi connectivity index (χ2v) is 7.08. The van der Waals surface area contributed by atoms with E-state index < -0.39 is 0 Å². The second-order valence-electron chi connectivity index (χ2n) is 3.78. The standard InChI is InChI=1S/C13H11Br2ClS/c14-8-9(7-10-5-6-13(16)17-10)11-3-1-2-4-12(11)15/h1-6,9H,7-8H2. The van der Waals surface area contributed by atoms with Crippen LogP contribution < -0.4 is 0 Å². The summed E-state index contributed by atoms with van der Waals surface area (Å²) in [5, 5.41) is 0.950. The predicted molar refractivity (Wildman–Crippen MR) is 83.7 cm³/mol. The van der Waals surface area contributed by atoms with Gasteiger partial charge in [-0.2, -0.15) is 0 Å². The highest BCUT2D eigenvalue weighted by Gasteiger charge is 2.14. The Hall–Kier alpha value is 0.170. The number of alkyl halides is 1. The lowest BCUT2D eigenvalue weighted by molar-refractivity contribution is 0.781. The van der Waals surface area contributed by atoms with E-state index in [0.717, 1.165) is 16.1 Å². The van der Waals surface area contributed by atoms with Crippen molar-refractivity contribution in [2.75, 3.05) is 5.33 Å². The molecule has 0 saturated carbocycles. The molecule has 0 nitrogen and oxygen atoms in total. The molecule has 0 fully saturated rings. The van der Waals surface area contributed by atoms with Gasteiger partial charge in [-0.3, -0.25) is 0 Å². The Morgan fingerprint density at radius 3 is 2.53 bits per heavy atom. The van der Waals surface area contributed by atoms with Gasteiger partial charge < -0.3 is 0 Å². The zero-order valence-electron chi connectivity index (χ0n) is 9.00. The highest BCUT2D eigenvalue weighted by Crippen LogP contribution is 2.32. The van der Waals surface area contributed by atoms with Crippen molar-refractivity contribution in [2.45, 2.75) is 12.3 Å². The summed E-state index contributed by atoms with van der Waals surface area (Å²) >= 11 is 14.8. The molecule has 1 aromatic heterocycles. The van der Waals surface area contributed by atoms with Crippen LogP contribution in [-0.4, -0.2) is 5.33 Å². The molecule has 90 valence electrons. The largest absolute Gasteiger partial charge is 0.128 e. The number of hydrogen-bond acceptors (Lipinski definition) is 1. The minimum Gasteiger partial charge on any atom is -0.128 e. The van der Waals surface area contributed by atoms with E-state index in [1.54, 1.807) is 11.3 Å². The van der Waals surface area contributed by atoms with Gasteiger partial charge in [-0.15, -0.1) is 11.3 Å². The molecule has 0 aliphatic rings. The molecule has 0 N–H and O–H groups in total. The third-order valence-corrected chi connectivity index (χ3v) is 5.36. The molecule has 4 heteroatoms. The van der Waals surface area contributed by atoms with Gasteiger partial charge in [0.15, 0.2) is 0 Å². The molecule has 0 bridgehead atoms. The number of benzene rings is 1. The number of rotatable bonds is 4. The Labute approximate surface area is 127 Å². The summed E-state index contributed by atoms with van der Waals surface area (Å²) in [6.45, 7) is 0. The first-order chi connectivity index (χ1) is 8.20. The summed E-state index contributed by atoms with van der Waals surface area (Å²) in [4.78, 5) is 1.33. The van der Waals surface area contributed by atoms with Gasteiger partial charge in [-0.1, -0.05) is 61.7 Å². The van der Waals surface area contributed by atoms with Gasteiger partial charge in [-0.25, -0.2) is 0 Å². The zero-order valence-corrected chi connectivity index (χ0v) is 13.7. The van der Waals surface area contributed by atoms with E-state index in [0.29, 0.717) is 5.92 Å². The molecule has 1 aromatic carbocycles. The van der Waals surface area contributed by atoms with Crippen LogP contribution in [0.2, 0.25) is 4.34 Å². The minimum absolute atomic E-state index is 0.472. The van der Waals surface area contributed by atoms with Crippen LogP contribution in [0.4, 0.5) is 0 Å². The Morgan fingerprint density at radius 2 is 1.94 bits per heavy atom. The van der Waals surface area contributed by atoms with Crippen LogP contribution in [0.5, 0.6) is 0 Å². The molecular weight excluding hydrogens is 383 g/mol. The zero-order chi connectivity index (χ0) is 12.3. The maximum absolute atomic E-state index is 5.96. The third-order valence-electron chi connectivity index (χ3n) is 2.61. The first-order valence-electron chi connectivity index (χ1n) is 5.25. The van der Waals surface area contributed by atoms with Crippen LogP contribution in [0, 0.1) is 0 Å². The van der Waals surface area contributed by atoms with Gasteiger partial charge in [0.25, 0.3) is 0 Å². The summed E-state index contributed by atoms with van der Waals surface area (Å²) in [5.74, 6) is 0.472. The Balaban J connectivity index is 2.20. The molecule has 2 rings (SSSR count). The van der Waals surface area contributed by atoms with Gasteiger partial charge in [0.2, 0.25) is 0 Å². The maximum atomic E-state index is 5.96. The van der Waals surface area contributed by atoms with Crippen molar-refractivity contribution in [1.29, 1.82) is 0 Å². The molecule has 17 heavy (non-hydrogen) atoms. The van der Waals surface area contributed by atoms with Crippen LogP contribution in [0.1, 0.15) is 16.4 Å². The van der Waals surface area contributed by atoms with E-state index in [1.807, 2.05) is 12.1 Å². The van der Waals surface area contributed by atoms with Gasteiger partial charge in [0.05, 0.1) is 4.34 Å². The van der Waals surface area contributed by atoms with Gasteiger partial charge in [0.1, 0.15) is 0 Å². The SMILES string of the molecule is Clc1ccc(CC(CBr)c2ccccc2Br)s1. The highest BCUT2D eigenvalue weighted by atomic mass is 79.9. The average molecular weight is 395 g/mol. The first-order valence-corrected chi connectivity index (χ1v) is 8.36. The van der Waals surface area contributed by atoms with Crippen molar-refractivity contribution in [3.05, 3.63) is 55.6 Å². The minimum atomic E-state index is 0.472. The van der Waals surface area contributed by atoms with E-state index in [-0.39, 0.29) is 0 Å². The summed E-state index contributed by atoms with van der Waals surface area (Å²) in [5.41, 5.74) is 1.34. The van der Waals surface area contributed by atoms with Crippen LogP contribution in [0.25, 0.3) is 0 Å². The summed E-state index contributed by atoms with van der Waals surface area (Å²) in [6.07, 6.45) is 1.02. The Morgan fingerprint density at radius 1 is 1.18 bits per heavy atom. The number of halogens is 3. The molecule has 0 aliphatic heterocycles. The Kier molecular flexibility index (Phi) is 5.10. The van der Waals surface area contributed by atoms with Crippen molar-refractivity contribution in [2.24, 2.45) is 0 Å². The van der Waals surface area contributed by atoms with Crippen LogP contribution in [0.15, 0.2) is 40.9 Å². The molecule has 1 atom stereocenters. The van der Waals surface area contributed by atoms with Crippen molar-refractivity contribution < 1.29 is 0 Å². The fourth-order valence-electron chi connectivity index (χ4n) is 1.76. The van der Waals surface area contributed by atoms with Crippen molar-refractivity contribution in [3.8, 4) is 0 Å². The molecular formula is C13H11Br2ClS. The molecule has 0 radical (unpaired) electrons. The molecule has 1 heterocycles. The van der Waals surface area contributed by atoms with Gasteiger partial charge in [0, 0.05) is 14.7 Å². The monoisotopic (exact) mass is 392 g/mol. The van der Waals surface area contributed by atoms with Gasteiger partial charge in [-0.05, 0) is 36.1 Å². The second kappa shape index (κ2) is 6.37. The predicted octanol–water partition coefficient (Wildman–Crippen LogP) is 5.89. The Bertz CT molecular complexity index is 496. The van der Waals surface area contributed by atoms with Crippen molar-refractivity contribution >= 4 is 54.8 Å². The lowest BCUT2D eigenvalue weighted by Crippen LogP contribution is -2.04. The fraction of sp³-hybridized carbons (Fsp3) is 0.231. The van der Waals surface area contributed by atoms with Crippen LogP contribution in [-0.2, 0) is 6.42 Å². The molecule has 1 unspecified atom stereocenters. The lowest BCUT2D eigenvalue weighted by atomic mass is 9.97. The maximum Gasteiger partial charge on any atom is 0.0931 e. The van der Waals surface area contributed by atoms with E-state index in [1.165, 1.54) is 14.9 Å². The van der Waals surface area contributed by atoms with Crippen LogP contribution >= 0.6 is 54.8 Å². The summed E-state index contributed by atoms with van der Waals surface area (Å²) < 4.78 is 2.03. The molecule has 0 aliphatic carbocycles. The normalized spacial score (nSPS) is 12.6. The first kappa shape index (κ1) is 13.6.